The number of ether oxygens (including phenoxy) is 1. The molecule has 0 amide bonds. The van der Waals surface area contributed by atoms with Gasteiger partial charge in [0.15, 0.2) is 0 Å². The van der Waals surface area contributed by atoms with Crippen LogP contribution in [0.5, 0.6) is 0 Å². The third-order valence-corrected chi connectivity index (χ3v) is 2.18. The first-order valence-electron chi connectivity index (χ1n) is 4.00. The van der Waals surface area contributed by atoms with Crippen LogP contribution in [0.1, 0.15) is 6.92 Å². The van der Waals surface area contributed by atoms with E-state index >= 15 is 0 Å². The molecule has 0 aromatic heterocycles. The van der Waals surface area contributed by atoms with Gasteiger partial charge in [0.2, 0.25) is 0 Å². The minimum absolute atomic E-state index is 0.00860. The van der Waals surface area contributed by atoms with Crippen molar-refractivity contribution in [3.63, 3.8) is 0 Å². The first-order valence-corrected chi connectivity index (χ1v) is 4.54. The smallest absolute Gasteiger partial charge is 0.311 e. The average Bonchev–Trinajstić information content (AvgIpc) is 2.51. The number of nitrogens with one attached hydrogen (secondary N) is 2. The highest BCUT2D eigenvalue weighted by Crippen LogP contribution is 2.11. The van der Waals surface area contributed by atoms with E-state index in [0.29, 0.717) is 19.0 Å². The monoisotopic (exact) mass is 192 g/mol. The summed E-state index contributed by atoms with van der Waals surface area (Å²) >= 11 is 5.64. The van der Waals surface area contributed by atoms with Crippen molar-refractivity contribution in [3.05, 3.63) is 0 Å². The summed E-state index contributed by atoms with van der Waals surface area (Å²) in [7, 11) is 0. The summed E-state index contributed by atoms with van der Waals surface area (Å²) in [4.78, 5) is 11.3. The molecule has 2 atom stereocenters. The number of rotatable bonds is 3. The van der Waals surface area contributed by atoms with E-state index in [0.717, 1.165) is 0 Å². The number of esters is 1. The molecule has 1 saturated heterocycles. The zero-order chi connectivity index (χ0) is 8.97. The van der Waals surface area contributed by atoms with Crippen molar-refractivity contribution in [1.29, 1.82) is 0 Å². The van der Waals surface area contributed by atoms with Gasteiger partial charge in [0.25, 0.3) is 0 Å². The minimum Gasteiger partial charge on any atom is -0.466 e. The van der Waals surface area contributed by atoms with Crippen molar-refractivity contribution in [2.24, 2.45) is 5.92 Å². The number of hydrogen-bond acceptors (Lipinski definition) is 4. The molecule has 1 heterocycles. The van der Waals surface area contributed by atoms with Gasteiger partial charge in [-0.2, -0.15) is 0 Å². The van der Waals surface area contributed by atoms with Gasteiger partial charge in [0.05, 0.1) is 12.5 Å². The molecule has 0 bridgehead atoms. The molecule has 1 fully saturated rings. The quantitative estimate of drug-likeness (QED) is 0.484. The molecule has 0 aromatic carbocycles. The lowest BCUT2D eigenvalue weighted by Crippen LogP contribution is -2.36. The van der Waals surface area contributed by atoms with Crippen LogP contribution in [-0.4, -0.2) is 31.0 Å². The Bertz CT molecular complexity index is 165. The predicted molar refractivity (Wildman–Crippen MR) is 45.8 cm³/mol. The van der Waals surface area contributed by atoms with E-state index in [9.17, 15) is 4.79 Å². The Morgan fingerprint density at radius 2 is 2.50 bits per heavy atom. The third-order valence-electron chi connectivity index (χ3n) is 1.85. The van der Waals surface area contributed by atoms with E-state index in [2.05, 4.69) is 10.9 Å². The molecule has 2 unspecified atom stereocenters. The van der Waals surface area contributed by atoms with Crippen molar-refractivity contribution in [2.75, 3.05) is 19.0 Å². The Morgan fingerprint density at radius 1 is 1.75 bits per heavy atom. The number of carbonyl (C=O) groups is 1. The lowest BCUT2D eigenvalue weighted by Gasteiger charge is -2.13. The van der Waals surface area contributed by atoms with Crippen molar-refractivity contribution in [2.45, 2.75) is 13.0 Å². The predicted octanol–water partition coefficient (Wildman–Crippen LogP) is -0.119. The van der Waals surface area contributed by atoms with Crippen LogP contribution in [0.15, 0.2) is 0 Å². The Balaban J connectivity index is 2.43. The number of halogens is 1. The van der Waals surface area contributed by atoms with E-state index in [4.69, 9.17) is 16.3 Å². The minimum atomic E-state index is -0.180. The zero-order valence-electron chi connectivity index (χ0n) is 6.97. The van der Waals surface area contributed by atoms with Gasteiger partial charge in [-0.3, -0.25) is 15.6 Å². The van der Waals surface area contributed by atoms with Gasteiger partial charge in [0, 0.05) is 18.5 Å². The standard InChI is InChI=1S/C7H13ClN2O2/c1-2-12-7(11)5-4-9-10-6(5)3-8/h5-6,9-10H,2-4H2,1H3. The first kappa shape index (κ1) is 9.77. The van der Waals surface area contributed by atoms with Gasteiger partial charge in [-0.25, -0.2) is 0 Å². The van der Waals surface area contributed by atoms with Gasteiger partial charge in [0.1, 0.15) is 0 Å². The summed E-state index contributed by atoms with van der Waals surface area (Å²) in [6.07, 6.45) is 0. The van der Waals surface area contributed by atoms with E-state index in [-0.39, 0.29) is 17.9 Å². The fourth-order valence-corrected chi connectivity index (χ4v) is 1.48. The molecule has 0 radical (unpaired) electrons. The van der Waals surface area contributed by atoms with Gasteiger partial charge < -0.3 is 4.74 Å². The normalized spacial score (nSPS) is 28.8. The molecular weight excluding hydrogens is 180 g/mol. The summed E-state index contributed by atoms with van der Waals surface area (Å²) in [6.45, 7) is 2.81. The lowest BCUT2D eigenvalue weighted by molar-refractivity contribution is -0.147. The second kappa shape index (κ2) is 4.64. The van der Waals surface area contributed by atoms with E-state index in [1.54, 1.807) is 6.92 Å². The molecule has 12 heavy (non-hydrogen) atoms. The maximum atomic E-state index is 11.3. The molecule has 1 aliphatic heterocycles. The summed E-state index contributed by atoms with van der Waals surface area (Å²) in [5, 5.41) is 0. The molecule has 2 N–H and O–H groups in total. The molecule has 0 saturated carbocycles. The summed E-state index contributed by atoms with van der Waals surface area (Å²) in [5.41, 5.74) is 5.79. The topological polar surface area (TPSA) is 50.4 Å². The molecule has 0 aromatic rings. The fourth-order valence-electron chi connectivity index (χ4n) is 1.19. The van der Waals surface area contributed by atoms with Crippen LogP contribution in [0, 0.1) is 5.92 Å². The van der Waals surface area contributed by atoms with Gasteiger partial charge in [-0.1, -0.05) is 0 Å². The molecule has 0 spiro atoms. The molecule has 70 valence electrons. The summed E-state index contributed by atoms with van der Waals surface area (Å²) in [5.74, 6) is 0.0827. The van der Waals surface area contributed by atoms with E-state index in [1.807, 2.05) is 0 Å². The Hall–Kier alpha value is -0.320. The third kappa shape index (κ3) is 2.09. The van der Waals surface area contributed by atoms with Crippen LogP contribution in [0.25, 0.3) is 0 Å². The number of hydrogen-bond donors (Lipinski definition) is 2. The second-order valence-electron chi connectivity index (χ2n) is 2.64. The van der Waals surface area contributed by atoms with E-state index in [1.165, 1.54) is 0 Å². The highest BCUT2D eigenvalue weighted by Gasteiger charge is 2.33. The second-order valence-corrected chi connectivity index (χ2v) is 2.95. The number of hydrazine groups is 1. The first-order chi connectivity index (χ1) is 5.79. The summed E-state index contributed by atoms with van der Waals surface area (Å²) < 4.78 is 4.88. The van der Waals surface area contributed by atoms with Crippen LogP contribution < -0.4 is 10.9 Å². The van der Waals surface area contributed by atoms with Crippen molar-refractivity contribution >= 4 is 17.6 Å². The van der Waals surface area contributed by atoms with Gasteiger partial charge >= 0.3 is 5.97 Å². The summed E-state index contributed by atoms with van der Waals surface area (Å²) in [6, 6.07) is -0.00860. The average molecular weight is 193 g/mol. The maximum Gasteiger partial charge on any atom is 0.311 e. The number of alkyl halides is 1. The Labute approximate surface area is 76.6 Å². The van der Waals surface area contributed by atoms with Crippen LogP contribution in [0.3, 0.4) is 0 Å². The van der Waals surface area contributed by atoms with Crippen LogP contribution >= 0.6 is 11.6 Å². The lowest BCUT2D eigenvalue weighted by atomic mass is 10.0. The fraction of sp³-hybridized carbons (Fsp3) is 0.857. The molecule has 1 rings (SSSR count). The van der Waals surface area contributed by atoms with Crippen LogP contribution in [0.2, 0.25) is 0 Å². The van der Waals surface area contributed by atoms with E-state index < -0.39 is 0 Å². The van der Waals surface area contributed by atoms with Gasteiger partial charge in [-0.05, 0) is 6.92 Å². The Morgan fingerprint density at radius 3 is 3.08 bits per heavy atom. The van der Waals surface area contributed by atoms with Crippen molar-refractivity contribution in [3.8, 4) is 0 Å². The largest absolute Gasteiger partial charge is 0.466 e. The maximum absolute atomic E-state index is 11.3. The molecule has 4 nitrogen and oxygen atoms in total. The Kier molecular flexibility index (Phi) is 3.78. The van der Waals surface area contributed by atoms with Crippen molar-refractivity contribution in [1.82, 2.24) is 10.9 Å². The van der Waals surface area contributed by atoms with Crippen LogP contribution in [-0.2, 0) is 9.53 Å². The van der Waals surface area contributed by atoms with Gasteiger partial charge in [-0.15, -0.1) is 11.6 Å². The highest BCUT2D eigenvalue weighted by molar-refractivity contribution is 6.18. The zero-order valence-corrected chi connectivity index (χ0v) is 7.73. The number of carbonyl (C=O) groups excluding carboxylic acids is 1. The molecule has 0 aliphatic carbocycles. The molecular formula is C7H13ClN2O2. The van der Waals surface area contributed by atoms with Crippen molar-refractivity contribution < 1.29 is 9.53 Å². The molecule has 5 heteroatoms. The molecule has 1 aliphatic rings. The highest BCUT2D eigenvalue weighted by atomic mass is 35.5. The van der Waals surface area contributed by atoms with Crippen LogP contribution in [0.4, 0.5) is 0 Å². The SMILES string of the molecule is CCOC(=O)C1CNNC1CCl.